The third-order valence-electron chi connectivity index (χ3n) is 9.91. The Morgan fingerprint density at radius 3 is 2.35 bits per heavy atom. The average Bonchev–Trinajstić information content (AvgIpc) is 3.96. The first kappa shape index (κ1) is 36.3. The normalized spacial score (nSPS) is 20.1. The second-order valence-corrected chi connectivity index (χ2v) is 13.5. The van der Waals surface area contributed by atoms with Crippen LogP contribution in [0, 0.1) is 17.5 Å². The smallest absolute Gasteiger partial charge is 0.323 e. The van der Waals surface area contributed by atoms with Gasteiger partial charge >= 0.3 is 5.97 Å². The summed E-state index contributed by atoms with van der Waals surface area (Å²) in [5.41, 5.74) is 4.38. The van der Waals surface area contributed by atoms with Gasteiger partial charge in [0.2, 0.25) is 5.82 Å². The second-order valence-electron chi connectivity index (χ2n) is 13.5. The fourth-order valence-corrected chi connectivity index (χ4v) is 7.27. The molecule has 3 aliphatic rings. The number of aldehydes is 1. The van der Waals surface area contributed by atoms with Gasteiger partial charge in [0, 0.05) is 43.7 Å². The number of halogens is 3. The van der Waals surface area contributed by atoms with Crippen molar-refractivity contribution in [3.8, 4) is 5.75 Å². The Balaban J connectivity index is 1.24. The standard InChI is InChI=1S/C39H42F3N3O6/c40-30-14-15-31(41)37(35(30)42)51-20-4-7-25-8-10-26(11-9-25)29-21-27-22-44(36(39(49)50)33(47)17-19-46)23-32(43-27)34(29)38(48)45(28-12-13-28)18-16-24-5-2-1-3-6-24/h1-3,5-6,8-11,14-15,19,27-28,32-33,36,43,47H,4,7,12-13,16-18,20-23H2,(H,49,50)/t27?,32-,33?,36?/m1/s1. The molecule has 4 atom stereocenters. The summed E-state index contributed by atoms with van der Waals surface area (Å²) in [5.74, 6) is -5.57. The fourth-order valence-electron chi connectivity index (χ4n) is 7.27. The van der Waals surface area contributed by atoms with Gasteiger partial charge in [0.05, 0.1) is 18.8 Å². The number of nitrogens with zero attached hydrogens (tertiary/aromatic N) is 2. The van der Waals surface area contributed by atoms with Gasteiger partial charge < -0.3 is 30.0 Å². The van der Waals surface area contributed by atoms with Crippen LogP contribution in [0.4, 0.5) is 13.2 Å². The van der Waals surface area contributed by atoms with Crippen LogP contribution in [0.3, 0.4) is 0 Å². The lowest BCUT2D eigenvalue weighted by Crippen LogP contribution is -2.65. The lowest BCUT2D eigenvalue weighted by molar-refractivity contribution is -0.149. The largest absolute Gasteiger partial charge is 0.488 e. The Labute approximate surface area is 294 Å². The van der Waals surface area contributed by atoms with E-state index in [-0.39, 0.29) is 37.6 Å². The summed E-state index contributed by atoms with van der Waals surface area (Å²) in [4.78, 5) is 41.8. The Hall–Kier alpha value is -4.52. The highest BCUT2D eigenvalue weighted by molar-refractivity contribution is 6.03. The molecule has 0 aromatic heterocycles. The Morgan fingerprint density at radius 2 is 1.67 bits per heavy atom. The average molecular weight is 706 g/mol. The van der Waals surface area contributed by atoms with E-state index in [0.29, 0.717) is 56.7 Å². The quantitative estimate of drug-likeness (QED) is 0.113. The van der Waals surface area contributed by atoms with E-state index in [2.05, 4.69) is 5.32 Å². The van der Waals surface area contributed by atoms with E-state index in [0.717, 1.165) is 41.2 Å². The molecule has 1 saturated carbocycles. The summed E-state index contributed by atoms with van der Waals surface area (Å²) < 4.78 is 46.6. The number of nitrogens with one attached hydrogen (secondary N) is 1. The molecule has 270 valence electrons. The third kappa shape index (κ3) is 8.52. The van der Waals surface area contributed by atoms with Crippen LogP contribution in [-0.2, 0) is 27.2 Å². The van der Waals surface area contributed by atoms with E-state index in [1.807, 2.05) is 59.5 Å². The number of benzene rings is 3. The molecule has 1 aliphatic carbocycles. The van der Waals surface area contributed by atoms with Crippen LogP contribution in [0.25, 0.3) is 5.57 Å². The summed E-state index contributed by atoms with van der Waals surface area (Å²) in [6.45, 7) is 0.979. The fraction of sp³-hybridized carbons (Fsp3) is 0.410. The molecule has 0 spiro atoms. The van der Waals surface area contributed by atoms with Crippen molar-refractivity contribution in [3.05, 3.63) is 106 Å². The molecule has 6 rings (SSSR count). The SMILES string of the molecule is O=CCC(O)C(C(=O)O)N1CC2CC(c3ccc(CCCOc4c(F)ccc(F)c4F)cc3)=C(C(=O)N(CCc3ccccc3)C3CC3)[C@@H](C1)N2. The minimum atomic E-state index is -1.39. The van der Waals surface area contributed by atoms with Gasteiger partial charge in [-0.1, -0.05) is 54.6 Å². The van der Waals surface area contributed by atoms with Crippen molar-refractivity contribution in [2.45, 2.75) is 75.2 Å². The van der Waals surface area contributed by atoms with Gasteiger partial charge in [0.15, 0.2) is 17.4 Å². The maximum atomic E-state index is 14.7. The molecule has 1 amide bonds. The number of amides is 1. The van der Waals surface area contributed by atoms with Crippen molar-refractivity contribution >= 4 is 23.7 Å². The number of aliphatic carboxylic acids is 1. The summed E-state index contributed by atoms with van der Waals surface area (Å²) in [6, 6.07) is 17.4. The van der Waals surface area contributed by atoms with Crippen molar-refractivity contribution in [2.24, 2.45) is 0 Å². The van der Waals surface area contributed by atoms with E-state index in [1.165, 1.54) is 0 Å². The molecule has 1 saturated heterocycles. The topological polar surface area (TPSA) is 119 Å². The first-order valence-electron chi connectivity index (χ1n) is 17.4. The number of aryl methyl sites for hydroxylation is 1. The van der Waals surface area contributed by atoms with Crippen molar-refractivity contribution in [3.63, 3.8) is 0 Å². The first-order valence-corrected chi connectivity index (χ1v) is 17.4. The van der Waals surface area contributed by atoms with Crippen LogP contribution < -0.4 is 10.1 Å². The zero-order chi connectivity index (χ0) is 36.1. The molecule has 3 unspecified atom stereocenters. The molecule has 0 radical (unpaired) electrons. The number of aliphatic hydroxyl groups excluding tert-OH is 1. The molecular weight excluding hydrogens is 663 g/mol. The van der Waals surface area contributed by atoms with E-state index < -0.39 is 47.4 Å². The molecule has 3 N–H and O–H groups in total. The van der Waals surface area contributed by atoms with Crippen molar-refractivity contribution in [1.82, 2.24) is 15.1 Å². The predicted octanol–water partition coefficient (Wildman–Crippen LogP) is 4.55. The van der Waals surface area contributed by atoms with Gasteiger partial charge in [-0.05, 0) is 72.9 Å². The van der Waals surface area contributed by atoms with Gasteiger partial charge in [0.25, 0.3) is 5.91 Å². The Bertz CT molecular complexity index is 1750. The minimum Gasteiger partial charge on any atom is -0.488 e. The van der Waals surface area contributed by atoms with Crippen LogP contribution >= 0.6 is 0 Å². The molecule has 2 fully saturated rings. The molecule has 9 nitrogen and oxygen atoms in total. The lowest BCUT2D eigenvalue weighted by Gasteiger charge is -2.47. The second kappa shape index (κ2) is 16.2. The van der Waals surface area contributed by atoms with E-state index in [4.69, 9.17) is 4.74 Å². The summed E-state index contributed by atoms with van der Waals surface area (Å²) >= 11 is 0. The van der Waals surface area contributed by atoms with Crippen LogP contribution in [-0.4, -0.2) is 94.7 Å². The van der Waals surface area contributed by atoms with Crippen molar-refractivity contribution in [2.75, 3.05) is 26.2 Å². The highest BCUT2D eigenvalue weighted by Crippen LogP contribution is 2.37. The maximum absolute atomic E-state index is 14.7. The van der Waals surface area contributed by atoms with Gasteiger partial charge in [-0.3, -0.25) is 14.5 Å². The number of ether oxygens (including phenoxy) is 1. The van der Waals surface area contributed by atoms with Crippen LogP contribution in [0.2, 0.25) is 0 Å². The summed E-state index contributed by atoms with van der Waals surface area (Å²) in [6.07, 6.45) is 2.71. The number of fused-ring (bicyclic) bond motifs is 2. The molecule has 2 heterocycles. The molecule has 3 aromatic rings. The number of piperazine rings is 1. The van der Waals surface area contributed by atoms with Gasteiger partial charge in [-0.2, -0.15) is 4.39 Å². The summed E-state index contributed by atoms with van der Waals surface area (Å²) in [5, 5.41) is 24.2. The number of carboxylic acids is 1. The number of rotatable bonds is 16. The summed E-state index contributed by atoms with van der Waals surface area (Å²) in [7, 11) is 0. The van der Waals surface area contributed by atoms with Crippen molar-refractivity contribution < 1.29 is 42.5 Å². The molecule has 12 heteroatoms. The van der Waals surface area contributed by atoms with Gasteiger partial charge in [-0.15, -0.1) is 0 Å². The molecule has 51 heavy (non-hydrogen) atoms. The predicted molar refractivity (Wildman–Crippen MR) is 183 cm³/mol. The van der Waals surface area contributed by atoms with Crippen LogP contribution in [0.15, 0.2) is 72.3 Å². The highest BCUT2D eigenvalue weighted by atomic mass is 19.2. The lowest BCUT2D eigenvalue weighted by atomic mass is 9.82. The third-order valence-corrected chi connectivity index (χ3v) is 9.91. The van der Waals surface area contributed by atoms with E-state index >= 15 is 0 Å². The zero-order valence-electron chi connectivity index (χ0n) is 28.1. The van der Waals surface area contributed by atoms with Crippen LogP contribution in [0.1, 0.15) is 48.8 Å². The number of carboxylic acid groups (broad SMARTS) is 1. The molecular formula is C39H42F3N3O6. The van der Waals surface area contributed by atoms with Gasteiger partial charge in [-0.25, -0.2) is 8.78 Å². The van der Waals surface area contributed by atoms with Gasteiger partial charge in [0.1, 0.15) is 12.3 Å². The molecule has 3 aromatic carbocycles. The highest BCUT2D eigenvalue weighted by Gasteiger charge is 2.45. The van der Waals surface area contributed by atoms with Crippen molar-refractivity contribution in [1.29, 1.82) is 0 Å². The van der Waals surface area contributed by atoms with E-state index in [9.17, 15) is 37.8 Å². The first-order chi connectivity index (χ1) is 24.6. The van der Waals surface area contributed by atoms with Crippen LogP contribution in [0.5, 0.6) is 5.75 Å². The molecule has 2 bridgehead atoms. The number of hydrogen-bond acceptors (Lipinski definition) is 7. The minimum absolute atomic E-state index is 0.0206. The maximum Gasteiger partial charge on any atom is 0.323 e. The number of aliphatic hydroxyl groups is 1. The molecule has 2 aliphatic heterocycles. The Kier molecular flexibility index (Phi) is 11.5. The monoisotopic (exact) mass is 705 g/mol. The van der Waals surface area contributed by atoms with E-state index in [1.54, 1.807) is 4.90 Å². The zero-order valence-corrected chi connectivity index (χ0v) is 28.1. The number of carbonyl (C=O) groups excluding carboxylic acids is 2. The Morgan fingerprint density at radius 1 is 0.961 bits per heavy atom. The number of hydrogen-bond donors (Lipinski definition) is 3. The number of carbonyl (C=O) groups is 3.